The van der Waals surface area contributed by atoms with E-state index in [1.165, 1.54) is 6.08 Å². The Balaban J connectivity index is 2.63. The first kappa shape index (κ1) is 20.1. The lowest BCUT2D eigenvalue weighted by Gasteiger charge is -2.16. The summed E-state index contributed by atoms with van der Waals surface area (Å²) in [5.74, 6) is 1.07. The van der Waals surface area contributed by atoms with Crippen molar-refractivity contribution in [1.29, 1.82) is 0 Å². The number of hydrogen-bond acceptors (Lipinski definition) is 4. The van der Waals surface area contributed by atoms with Crippen molar-refractivity contribution in [1.82, 2.24) is 0 Å². The highest BCUT2D eigenvalue weighted by Gasteiger charge is 2.09. The largest absolute Gasteiger partial charge is 0.493 e. The van der Waals surface area contributed by atoms with Crippen molar-refractivity contribution in [3.8, 4) is 11.5 Å². The lowest BCUT2D eigenvalue weighted by molar-refractivity contribution is -0.137. The van der Waals surface area contributed by atoms with Gasteiger partial charge in [-0.3, -0.25) is 0 Å². The summed E-state index contributed by atoms with van der Waals surface area (Å²) in [6.45, 7) is 6.77. The fraction of sp³-hybridized carbons (Fsp3) is 0.550. The lowest BCUT2D eigenvalue weighted by atomic mass is 10.1. The second-order valence-corrected chi connectivity index (χ2v) is 5.84. The molecule has 0 aliphatic heterocycles. The van der Waals surface area contributed by atoms with E-state index in [1.54, 1.807) is 13.2 Å². The van der Waals surface area contributed by atoms with Crippen LogP contribution >= 0.6 is 0 Å². The number of benzene rings is 1. The summed E-state index contributed by atoms with van der Waals surface area (Å²) in [7, 11) is 1.61. The molecule has 134 valence electrons. The van der Waals surface area contributed by atoms with Crippen molar-refractivity contribution in [3.05, 3.63) is 29.8 Å². The average molecular weight is 334 g/mol. The van der Waals surface area contributed by atoms with Crippen LogP contribution in [-0.2, 0) is 9.53 Å². The van der Waals surface area contributed by atoms with E-state index in [9.17, 15) is 4.79 Å². The third-order valence-electron chi connectivity index (χ3n) is 3.62. The second kappa shape index (κ2) is 11.5. The van der Waals surface area contributed by atoms with Crippen molar-refractivity contribution < 1.29 is 19.0 Å². The maximum atomic E-state index is 11.7. The van der Waals surface area contributed by atoms with E-state index in [2.05, 4.69) is 13.8 Å². The van der Waals surface area contributed by atoms with Gasteiger partial charge in [0.15, 0.2) is 11.5 Å². The SMILES string of the molecule is CCCCCOC(=O)/C=C/c1ccc(OC(C)CCC)c(OC)c1. The molecule has 0 saturated heterocycles. The molecular weight excluding hydrogens is 304 g/mol. The van der Waals surface area contributed by atoms with Crippen molar-refractivity contribution in [2.45, 2.75) is 59.0 Å². The van der Waals surface area contributed by atoms with Gasteiger partial charge in [0.2, 0.25) is 0 Å². The molecule has 0 radical (unpaired) electrons. The maximum Gasteiger partial charge on any atom is 0.330 e. The Hall–Kier alpha value is -1.97. The van der Waals surface area contributed by atoms with Gasteiger partial charge in [-0.1, -0.05) is 39.2 Å². The number of ether oxygens (including phenoxy) is 3. The molecule has 1 aromatic rings. The number of methoxy groups -OCH3 is 1. The van der Waals surface area contributed by atoms with Gasteiger partial charge in [0.1, 0.15) is 0 Å². The highest BCUT2D eigenvalue weighted by Crippen LogP contribution is 2.30. The molecule has 0 heterocycles. The highest BCUT2D eigenvalue weighted by atomic mass is 16.5. The molecule has 0 aliphatic rings. The normalized spacial score (nSPS) is 12.2. The van der Waals surface area contributed by atoms with Gasteiger partial charge in [0, 0.05) is 6.08 Å². The van der Waals surface area contributed by atoms with E-state index in [1.807, 2.05) is 25.1 Å². The third kappa shape index (κ3) is 7.53. The lowest BCUT2D eigenvalue weighted by Crippen LogP contribution is -2.11. The molecule has 0 saturated carbocycles. The molecule has 1 rings (SSSR count). The number of carbonyl (C=O) groups is 1. The number of esters is 1. The van der Waals surface area contributed by atoms with Gasteiger partial charge in [-0.25, -0.2) is 4.79 Å². The summed E-state index contributed by atoms with van der Waals surface area (Å²) < 4.78 is 16.4. The topological polar surface area (TPSA) is 44.8 Å². The Morgan fingerprint density at radius 3 is 2.62 bits per heavy atom. The van der Waals surface area contributed by atoms with Crippen molar-refractivity contribution in [3.63, 3.8) is 0 Å². The van der Waals surface area contributed by atoms with Crippen LogP contribution in [0.25, 0.3) is 6.08 Å². The molecule has 1 atom stereocenters. The van der Waals surface area contributed by atoms with Gasteiger partial charge in [-0.05, 0) is 43.5 Å². The number of rotatable bonds is 11. The molecule has 0 aliphatic carbocycles. The van der Waals surface area contributed by atoms with Gasteiger partial charge >= 0.3 is 5.97 Å². The molecule has 4 heteroatoms. The van der Waals surface area contributed by atoms with E-state index in [0.29, 0.717) is 12.4 Å². The van der Waals surface area contributed by atoms with Crippen LogP contribution in [0.5, 0.6) is 11.5 Å². The minimum absolute atomic E-state index is 0.142. The number of carbonyl (C=O) groups excluding carboxylic acids is 1. The zero-order valence-corrected chi connectivity index (χ0v) is 15.3. The van der Waals surface area contributed by atoms with Gasteiger partial charge in [-0.15, -0.1) is 0 Å². The molecule has 0 amide bonds. The van der Waals surface area contributed by atoms with Crippen LogP contribution in [0, 0.1) is 0 Å². The maximum absolute atomic E-state index is 11.7. The molecule has 0 fully saturated rings. The Labute approximate surface area is 145 Å². The molecule has 1 aromatic carbocycles. The first-order valence-corrected chi connectivity index (χ1v) is 8.80. The van der Waals surface area contributed by atoms with E-state index in [-0.39, 0.29) is 12.1 Å². The Morgan fingerprint density at radius 2 is 1.96 bits per heavy atom. The summed E-state index contributed by atoms with van der Waals surface area (Å²) in [6, 6.07) is 5.63. The smallest absolute Gasteiger partial charge is 0.330 e. The molecule has 1 unspecified atom stereocenters. The predicted octanol–water partition coefficient (Wildman–Crippen LogP) is 5.01. The van der Waals surface area contributed by atoms with Crippen molar-refractivity contribution in [2.75, 3.05) is 13.7 Å². The molecule has 24 heavy (non-hydrogen) atoms. The zero-order valence-electron chi connectivity index (χ0n) is 15.3. The summed E-state index contributed by atoms with van der Waals surface area (Å²) in [5.41, 5.74) is 0.868. The van der Waals surface area contributed by atoms with E-state index in [0.717, 1.165) is 43.4 Å². The fourth-order valence-electron chi connectivity index (χ4n) is 2.30. The van der Waals surface area contributed by atoms with Crippen LogP contribution in [0.4, 0.5) is 0 Å². The Kier molecular flexibility index (Phi) is 9.66. The summed E-state index contributed by atoms with van der Waals surface area (Å²) >= 11 is 0. The monoisotopic (exact) mass is 334 g/mol. The van der Waals surface area contributed by atoms with Crippen LogP contribution in [0.15, 0.2) is 24.3 Å². The van der Waals surface area contributed by atoms with Crippen LogP contribution in [-0.4, -0.2) is 25.8 Å². The molecule has 0 spiro atoms. The van der Waals surface area contributed by atoms with Gasteiger partial charge in [-0.2, -0.15) is 0 Å². The standard InChI is InChI=1S/C20H30O4/c1-5-7-8-14-23-20(21)13-11-17-10-12-18(19(15-17)22-4)24-16(3)9-6-2/h10-13,15-16H,5-9,14H2,1-4H3/b13-11+. The second-order valence-electron chi connectivity index (χ2n) is 5.84. The fourth-order valence-corrected chi connectivity index (χ4v) is 2.30. The first-order chi connectivity index (χ1) is 11.6. The highest BCUT2D eigenvalue weighted by molar-refractivity contribution is 5.87. The quantitative estimate of drug-likeness (QED) is 0.324. The van der Waals surface area contributed by atoms with E-state index in [4.69, 9.17) is 14.2 Å². The van der Waals surface area contributed by atoms with Crippen molar-refractivity contribution >= 4 is 12.0 Å². The summed E-state index contributed by atoms with van der Waals surface area (Å²) in [6.07, 6.45) is 8.48. The Bertz CT molecular complexity index is 522. The van der Waals surface area contributed by atoms with Crippen molar-refractivity contribution in [2.24, 2.45) is 0 Å². The number of hydrogen-bond donors (Lipinski definition) is 0. The van der Waals surface area contributed by atoms with Crippen LogP contribution in [0.2, 0.25) is 0 Å². The molecule has 4 nitrogen and oxygen atoms in total. The minimum Gasteiger partial charge on any atom is -0.493 e. The number of unbranched alkanes of at least 4 members (excludes halogenated alkanes) is 2. The summed E-state index contributed by atoms with van der Waals surface area (Å²) in [4.78, 5) is 11.7. The zero-order chi connectivity index (χ0) is 17.8. The third-order valence-corrected chi connectivity index (χ3v) is 3.62. The van der Waals surface area contributed by atoms with Gasteiger partial charge in [0.05, 0.1) is 19.8 Å². The van der Waals surface area contributed by atoms with E-state index >= 15 is 0 Å². The molecule has 0 bridgehead atoms. The summed E-state index contributed by atoms with van der Waals surface area (Å²) in [5, 5.41) is 0. The molecule has 0 N–H and O–H groups in total. The van der Waals surface area contributed by atoms with Crippen LogP contribution < -0.4 is 9.47 Å². The predicted molar refractivity (Wildman–Crippen MR) is 97.5 cm³/mol. The first-order valence-electron chi connectivity index (χ1n) is 8.80. The van der Waals surface area contributed by atoms with E-state index < -0.39 is 0 Å². The minimum atomic E-state index is -0.318. The molecule has 0 aromatic heterocycles. The van der Waals surface area contributed by atoms with Crippen LogP contribution in [0.3, 0.4) is 0 Å². The van der Waals surface area contributed by atoms with Gasteiger partial charge in [0.25, 0.3) is 0 Å². The Morgan fingerprint density at radius 1 is 1.17 bits per heavy atom. The average Bonchev–Trinajstić information content (AvgIpc) is 2.58. The molecular formula is C20H30O4. The van der Waals surface area contributed by atoms with Gasteiger partial charge < -0.3 is 14.2 Å². The van der Waals surface area contributed by atoms with Crippen LogP contribution in [0.1, 0.15) is 58.4 Å².